The average Bonchev–Trinajstić information content (AvgIpc) is 2.84. The number of aliphatic carboxylic acids is 1. The Labute approximate surface area is 120 Å². The van der Waals surface area contributed by atoms with E-state index in [9.17, 15) is 14.7 Å². The first-order chi connectivity index (χ1) is 9.44. The number of rotatable bonds is 4. The Morgan fingerprint density at radius 2 is 1.90 bits per heavy atom. The summed E-state index contributed by atoms with van der Waals surface area (Å²) in [5.41, 5.74) is 5.41. The number of nitrogens with two attached hydrogens (primary N) is 1. The van der Waals surface area contributed by atoms with Crippen molar-refractivity contribution in [3.63, 3.8) is 0 Å². The van der Waals surface area contributed by atoms with Gasteiger partial charge in [0, 0.05) is 19.0 Å². The molecule has 0 saturated heterocycles. The molecule has 20 heavy (non-hydrogen) atoms. The molecule has 2 aliphatic carbocycles. The molecule has 2 atom stereocenters. The van der Waals surface area contributed by atoms with Crippen LogP contribution >= 0.6 is 0 Å². The largest absolute Gasteiger partial charge is 0.481 e. The smallest absolute Gasteiger partial charge is 0.305 e. The number of carboxylic acid groups (broad SMARTS) is 1. The lowest BCUT2D eigenvalue weighted by molar-refractivity contribution is -0.148. The number of amides is 1. The van der Waals surface area contributed by atoms with E-state index < -0.39 is 11.5 Å². The van der Waals surface area contributed by atoms with E-state index in [1.165, 1.54) is 0 Å². The summed E-state index contributed by atoms with van der Waals surface area (Å²) in [6.45, 7) is 0. The van der Waals surface area contributed by atoms with Crippen molar-refractivity contribution < 1.29 is 14.7 Å². The second-order valence-electron chi connectivity index (χ2n) is 6.52. The van der Waals surface area contributed by atoms with Crippen LogP contribution in [0.4, 0.5) is 0 Å². The third kappa shape index (κ3) is 3.14. The van der Waals surface area contributed by atoms with Crippen molar-refractivity contribution in [2.75, 3.05) is 7.05 Å². The van der Waals surface area contributed by atoms with Crippen molar-refractivity contribution >= 4 is 11.9 Å². The monoisotopic (exact) mass is 282 g/mol. The maximum atomic E-state index is 12.7. The van der Waals surface area contributed by atoms with Gasteiger partial charge in [-0.15, -0.1) is 0 Å². The van der Waals surface area contributed by atoms with Gasteiger partial charge in [-0.05, 0) is 32.1 Å². The molecule has 2 aliphatic rings. The van der Waals surface area contributed by atoms with E-state index in [2.05, 4.69) is 0 Å². The third-order valence-corrected chi connectivity index (χ3v) is 5.13. The topological polar surface area (TPSA) is 83.6 Å². The molecular weight excluding hydrogens is 256 g/mol. The van der Waals surface area contributed by atoms with Gasteiger partial charge in [0.25, 0.3) is 0 Å². The molecule has 5 heteroatoms. The number of carbonyl (C=O) groups excluding carboxylic acids is 1. The molecule has 0 bridgehead atoms. The molecule has 0 aliphatic heterocycles. The minimum absolute atomic E-state index is 0.0115. The van der Waals surface area contributed by atoms with Crippen LogP contribution in [0.3, 0.4) is 0 Å². The SMILES string of the molecule is CN(C(=O)C1CCC(N)C1)C1(CC(=O)O)CCCCC1. The Hall–Kier alpha value is -1.10. The van der Waals surface area contributed by atoms with E-state index in [0.29, 0.717) is 0 Å². The summed E-state index contributed by atoms with van der Waals surface area (Å²) in [5, 5.41) is 9.21. The zero-order valence-corrected chi connectivity index (χ0v) is 12.3. The highest BCUT2D eigenvalue weighted by Gasteiger charge is 2.43. The first-order valence-corrected chi connectivity index (χ1v) is 7.70. The number of nitrogens with zero attached hydrogens (tertiary/aromatic N) is 1. The van der Waals surface area contributed by atoms with Gasteiger partial charge in [-0.3, -0.25) is 9.59 Å². The molecule has 0 heterocycles. The Kier molecular flexibility index (Phi) is 4.68. The molecule has 2 unspecified atom stereocenters. The fraction of sp³-hybridized carbons (Fsp3) is 0.867. The maximum absolute atomic E-state index is 12.7. The first-order valence-electron chi connectivity index (χ1n) is 7.70. The van der Waals surface area contributed by atoms with Crippen LogP contribution in [-0.4, -0.2) is 40.5 Å². The van der Waals surface area contributed by atoms with Gasteiger partial charge in [-0.2, -0.15) is 0 Å². The van der Waals surface area contributed by atoms with E-state index in [4.69, 9.17) is 5.73 Å². The summed E-state index contributed by atoms with van der Waals surface area (Å²) < 4.78 is 0. The van der Waals surface area contributed by atoms with Crippen molar-refractivity contribution in [2.24, 2.45) is 11.7 Å². The molecular formula is C15H26N2O3. The van der Waals surface area contributed by atoms with Crippen molar-refractivity contribution in [3.05, 3.63) is 0 Å². The maximum Gasteiger partial charge on any atom is 0.305 e. The molecule has 0 aromatic carbocycles. The van der Waals surface area contributed by atoms with Crippen LogP contribution in [0.1, 0.15) is 57.8 Å². The predicted octanol–water partition coefficient (Wildman–Crippen LogP) is 1.75. The average molecular weight is 282 g/mol. The summed E-state index contributed by atoms with van der Waals surface area (Å²) in [4.78, 5) is 25.6. The van der Waals surface area contributed by atoms with Crippen molar-refractivity contribution in [3.8, 4) is 0 Å². The zero-order valence-electron chi connectivity index (χ0n) is 12.3. The minimum Gasteiger partial charge on any atom is -0.481 e. The number of hydrogen-bond acceptors (Lipinski definition) is 3. The molecule has 0 aromatic rings. The molecule has 0 radical (unpaired) electrons. The van der Waals surface area contributed by atoms with E-state index in [0.717, 1.165) is 51.4 Å². The number of carbonyl (C=O) groups is 2. The van der Waals surface area contributed by atoms with E-state index >= 15 is 0 Å². The number of hydrogen-bond donors (Lipinski definition) is 2. The van der Waals surface area contributed by atoms with Crippen LogP contribution in [0, 0.1) is 5.92 Å². The first kappa shape index (κ1) is 15.3. The van der Waals surface area contributed by atoms with Gasteiger partial charge >= 0.3 is 5.97 Å². The lowest BCUT2D eigenvalue weighted by Gasteiger charge is -2.44. The number of carboxylic acids is 1. The third-order valence-electron chi connectivity index (χ3n) is 5.13. The quantitative estimate of drug-likeness (QED) is 0.823. The fourth-order valence-corrected chi connectivity index (χ4v) is 3.87. The van der Waals surface area contributed by atoms with Crippen LogP contribution in [0.15, 0.2) is 0 Å². The van der Waals surface area contributed by atoms with E-state index in [1.807, 2.05) is 0 Å². The summed E-state index contributed by atoms with van der Waals surface area (Å²) in [6, 6.07) is 0.124. The standard InChI is InChI=1S/C15H26N2O3/c1-17(14(20)11-5-6-12(16)9-11)15(10-13(18)19)7-3-2-4-8-15/h11-12H,2-10,16H2,1H3,(H,18,19). The Balaban J connectivity index is 2.11. The van der Waals surface area contributed by atoms with Crippen molar-refractivity contribution in [2.45, 2.75) is 69.4 Å². The Bertz CT molecular complexity index is 377. The van der Waals surface area contributed by atoms with Gasteiger partial charge in [0.05, 0.1) is 12.0 Å². The van der Waals surface area contributed by atoms with Crippen LogP contribution in [0.25, 0.3) is 0 Å². The lowest BCUT2D eigenvalue weighted by atomic mass is 9.77. The predicted molar refractivity (Wildman–Crippen MR) is 76.2 cm³/mol. The van der Waals surface area contributed by atoms with Gasteiger partial charge in [0.2, 0.25) is 5.91 Å². The summed E-state index contributed by atoms with van der Waals surface area (Å²) in [5.74, 6) is -0.724. The molecule has 2 saturated carbocycles. The molecule has 5 nitrogen and oxygen atoms in total. The molecule has 1 amide bonds. The zero-order chi connectivity index (χ0) is 14.8. The van der Waals surface area contributed by atoms with E-state index in [-0.39, 0.29) is 24.3 Å². The fourth-order valence-electron chi connectivity index (χ4n) is 3.87. The normalized spacial score (nSPS) is 29.1. The molecule has 0 spiro atoms. The van der Waals surface area contributed by atoms with Crippen LogP contribution in [-0.2, 0) is 9.59 Å². The van der Waals surface area contributed by atoms with Gasteiger partial charge in [0.15, 0.2) is 0 Å². The van der Waals surface area contributed by atoms with Gasteiger partial charge < -0.3 is 15.7 Å². The second-order valence-corrected chi connectivity index (χ2v) is 6.52. The summed E-state index contributed by atoms with van der Waals surface area (Å²) >= 11 is 0. The minimum atomic E-state index is -0.810. The van der Waals surface area contributed by atoms with Crippen molar-refractivity contribution in [1.82, 2.24) is 4.90 Å². The van der Waals surface area contributed by atoms with Crippen LogP contribution < -0.4 is 5.73 Å². The highest BCUT2D eigenvalue weighted by molar-refractivity contribution is 5.81. The molecule has 2 rings (SSSR count). The van der Waals surface area contributed by atoms with Gasteiger partial charge in [-0.1, -0.05) is 19.3 Å². The lowest BCUT2D eigenvalue weighted by Crippen LogP contribution is -2.53. The van der Waals surface area contributed by atoms with Crippen LogP contribution in [0.2, 0.25) is 0 Å². The van der Waals surface area contributed by atoms with Crippen LogP contribution in [0.5, 0.6) is 0 Å². The van der Waals surface area contributed by atoms with Crippen molar-refractivity contribution in [1.29, 1.82) is 0 Å². The second kappa shape index (κ2) is 6.12. The highest BCUT2D eigenvalue weighted by atomic mass is 16.4. The van der Waals surface area contributed by atoms with E-state index in [1.54, 1.807) is 11.9 Å². The molecule has 114 valence electrons. The summed E-state index contributed by atoms with van der Waals surface area (Å²) in [7, 11) is 1.79. The Morgan fingerprint density at radius 1 is 1.25 bits per heavy atom. The molecule has 2 fully saturated rings. The highest BCUT2D eigenvalue weighted by Crippen LogP contribution is 2.38. The Morgan fingerprint density at radius 3 is 2.40 bits per heavy atom. The summed E-state index contributed by atoms with van der Waals surface area (Å²) in [6.07, 6.45) is 7.31. The van der Waals surface area contributed by atoms with Gasteiger partial charge in [0.1, 0.15) is 0 Å². The molecule has 3 N–H and O–H groups in total. The molecule has 0 aromatic heterocycles. The van der Waals surface area contributed by atoms with Gasteiger partial charge in [-0.25, -0.2) is 0 Å².